The van der Waals surface area contributed by atoms with Crippen LogP contribution in [0.4, 0.5) is 0 Å². The maximum absolute atomic E-state index is 5.71. The number of hydrogen-bond acceptors (Lipinski definition) is 4. The van der Waals surface area contributed by atoms with Crippen LogP contribution in [0.2, 0.25) is 0 Å². The topological polar surface area (TPSA) is 65.1 Å². The van der Waals surface area contributed by atoms with E-state index >= 15 is 0 Å². The number of imidazole rings is 1. The summed E-state index contributed by atoms with van der Waals surface area (Å²) in [6, 6.07) is 5.90. The van der Waals surface area contributed by atoms with E-state index in [1.807, 2.05) is 25.3 Å². The van der Waals surface area contributed by atoms with E-state index in [4.69, 9.17) is 10.6 Å². The number of aromatic nitrogens is 2. The lowest BCUT2D eigenvalue weighted by Gasteiger charge is -2.18. The Bertz CT molecular complexity index is 550. The summed E-state index contributed by atoms with van der Waals surface area (Å²) in [5.74, 6) is 7.49. The van der Waals surface area contributed by atoms with Crippen molar-refractivity contribution in [3.63, 3.8) is 0 Å². The van der Waals surface area contributed by atoms with Crippen LogP contribution in [0, 0.1) is 6.92 Å². The molecule has 5 nitrogen and oxygen atoms in total. The Morgan fingerprint density at radius 3 is 2.84 bits per heavy atom. The predicted octanol–water partition coefficient (Wildman–Crippen LogP) is 1.77. The van der Waals surface area contributed by atoms with Gasteiger partial charge in [-0.1, -0.05) is 12.1 Å². The van der Waals surface area contributed by atoms with Gasteiger partial charge in [0.25, 0.3) is 0 Å². The number of hydrogen-bond donors (Lipinski definition) is 2. The summed E-state index contributed by atoms with van der Waals surface area (Å²) >= 11 is 0. The third-order valence-corrected chi connectivity index (χ3v) is 3.27. The zero-order valence-electron chi connectivity index (χ0n) is 11.6. The SMILES string of the molecule is CCn1ccnc1C(NN)c1ccc(OC)c(C)c1. The van der Waals surface area contributed by atoms with Crippen LogP contribution in [0.1, 0.15) is 29.9 Å². The average molecular weight is 260 g/mol. The van der Waals surface area contributed by atoms with Crippen molar-refractivity contribution < 1.29 is 4.74 Å². The number of ether oxygens (including phenoxy) is 1. The molecular formula is C14H20N4O. The van der Waals surface area contributed by atoms with Crippen molar-refractivity contribution >= 4 is 0 Å². The molecule has 19 heavy (non-hydrogen) atoms. The number of methoxy groups -OCH3 is 1. The molecule has 2 aromatic rings. The molecular weight excluding hydrogens is 240 g/mol. The fourth-order valence-corrected chi connectivity index (χ4v) is 2.25. The van der Waals surface area contributed by atoms with Crippen molar-refractivity contribution in [1.29, 1.82) is 0 Å². The lowest BCUT2D eigenvalue weighted by atomic mass is 10.0. The second-order valence-corrected chi connectivity index (χ2v) is 4.40. The molecule has 2 rings (SSSR count). The minimum atomic E-state index is -0.125. The standard InChI is InChI=1S/C14H20N4O/c1-4-18-8-7-16-14(18)13(17-15)11-5-6-12(19-3)10(2)9-11/h5-9,13,17H,4,15H2,1-3H3. The first-order chi connectivity index (χ1) is 9.21. The Morgan fingerprint density at radius 2 is 2.26 bits per heavy atom. The minimum Gasteiger partial charge on any atom is -0.496 e. The highest BCUT2D eigenvalue weighted by Crippen LogP contribution is 2.25. The summed E-state index contributed by atoms with van der Waals surface area (Å²) in [5.41, 5.74) is 4.99. The number of benzene rings is 1. The molecule has 0 spiro atoms. The van der Waals surface area contributed by atoms with E-state index in [1.165, 1.54) is 0 Å². The molecule has 1 atom stereocenters. The number of rotatable bonds is 5. The highest BCUT2D eigenvalue weighted by Gasteiger charge is 2.18. The number of aryl methyl sites for hydroxylation is 2. The summed E-state index contributed by atoms with van der Waals surface area (Å²) in [6.07, 6.45) is 3.75. The molecule has 0 fully saturated rings. The molecule has 0 aliphatic heterocycles. The molecule has 5 heteroatoms. The first kappa shape index (κ1) is 13.6. The molecule has 0 bridgehead atoms. The first-order valence-electron chi connectivity index (χ1n) is 6.33. The molecule has 3 N–H and O–H groups in total. The Kier molecular flexibility index (Phi) is 4.19. The summed E-state index contributed by atoms with van der Waals surface area (Å²) in [6.45, 7) is 4.96. The third-order valence-electron chi connectivity index (χ3n) is 3.27. The zero-order valence-corrected chi connectivity index (χ0v) is 11.6. The van der Waals surface area contributed by atoms with Gasteiger partial charge < -0.3 is 9.30 Å². The summed E-state index contributed by atoms with van der Waals surface area (Å²) in [4.78, 5) is 4.40. The number of hydrazine groups is 1. The Morgan fingerprint density at radius 1 is 1.47 bits per heavy atom. The zero-order chi connectivity index (χ0) is 13.8. The summed E-state index contributed by atoms with van der Waals surface area (Å²) in [7, 11) is 1.67. The molecule has 1 aromatic carbocycles. The van der Waals surface area contributed by atoms with Crippen molar-refractivity contribution in [2.45, 2.75) is 26.4 Å². The molecule has 0 aliphatic carbocycles. The molecule has 1 aromatic heterocycles. The fourth-order valence-electron chi connectivity index (χ4n) is 2.25. The second kappa shape index (κ2) is 5.86. The monoisotopic (exact) mass is 260 g/mol. The van der Waals surface area contributed by atoms with Gasteiger partial charge in [0.1, 0.15) is 17.6 Å². The van der Waals surface area contributed by atoms with Crippen molar-refractivity contribution in [2.24, 2.45) is 5.84 Å². The number of nitrogens with zero attached hydrogens (tertiary/aromatic N) is 2. The molecule has 1 unspecified atom stereocenters. The third kappa shape index (κ3) is 2.62. The Balaban J connectivity index is 2.40. The smallest absolute Gasteiger partial charge is 0.131 e. The van der Waals surface area contributed by atoms with Gasteiger partial charge in [-0.25, -0.2) is 10.4 Å². The molecule has 0 aliphatic rings. The fraction of sp³-hybridized carbons (Fsp3) is 0.357. The predicted molar refractivity (Wildman–Crippen MR) is 74.8 cm³/mol. The van der Waals surface area contributed by atoms with Crippen LogP contribution in [-0.2, 0) is 6.54 Å². The van der Waals surface area contributed by atoms with Gasteiger partial charge in [-0.3, -0.25) is 5.84 Å². The molecule has 0 saturated heterocycles. The number of nitrogens with one attached hydrogen (secondary N) is 1. The molecule has 0 saturated carbocycles. The van der Waals surface area contributed by atoms with Gasteiger partial charge in [0.2, 0.25) is 0 Å². The van der Waals surface area contributed by atoms with Gasteiger partial charge in [-0.05, 0) is 31.0 Å². The van der Waals surface area contributed by atoms with Crippen molar-refractivity contribution in [2.75, 3.05) is 7.11 Å². The van der Waals surface area contributed by atoms with Gasteiger partial charge >= 0.3 is 0 Å². The highest BCUT2D eigenvalue weighted by atomic mass is 16.5. The maximum atomic E-state index is 5.71. The van der Waals surface area contributed by atoms with E-state index in [2.05, 4.69) is 28.0 Å². The van der Waals surface area contributed by atoms with Crippen LogP contribution in [-0.4, -0.2) is 16.7 Å². The van der Waals surface area contributed by atoms with Crippen LogP contribution >= 0.6 is 0 Å². The van der Waals surface area contributed by atoms with E-state index in [1.54, 1.807) is 13.3 Å². The highest BCUT2D eigenvalue weighted by molar-refractivity contribution is 5.39. The van der Waals surface area contributed by atoms with E-state index < -0.39 is 0 Å². The molecule has 0 radical (unpaired) electrons. The van der Waals surface area contributed by atoms with Crippen molar-refractivity contribution in [3.8, 4) is 5.75 Å². The molecule has 0 amide bonds. The Labute approximate surface area is 113 Å². The summed E-state index contributed by atoms with van der Waals surface area (Å²) in [5, 5.41) is 0. The van der Waals surface area contributed by atoms with Gasteiger partial charge in [0.05, 0.1) is 7.11 Å². The molecule has 1 heterocycles. The minimum absolute atomic E-state index is 0.125. The van der Waals surface area contributed by atoms with E-state index in [0.29, 0.717) is 0 Å². The van der Waals surface area contributed by atoms with Crippen LogP contribution in [0.15, 0.2) is 30.6 Å². The maximum Gasteiger partial charge on any atom is 0.131 e. The van der Waals surface area contributed by atoms with Crippen molar-refractivity contribution in [1.82, 2.24) is 15.0 Å². The average Bonchev–Trinajstić information content (AvgIpc) is 2.88. The summed E-state index contributed by atoms with van der Waals surface area (Å²) < 4.78 is 7.35. The van der Waals surface area contributed by atoms with Crippen LogP contribution in [0.25, 0.3) is 0 Å². The lowest BCUT2D eigenvalue weighted by Crippen LogP contribution is -2.31. The first-order valence-corrected chi connectivity index (χ1v) is 6.33. The molecule has 102 valence electrons. The normalized spacial score (nSPS) is 12.4. The van der Waals surface area contributed by atoms with Crippen molar-refractivity contribution in [3.05, 3.63) is 47.5 Å². The van der Waals surface area contributed by atoms with E-state index in [0.717, 1.165) is 29.2 Å². The van der Waals surface area contributed by atoms with E-state index in [-0.39, 0.29) is 6.04 Å². The van der Waals surface area contributed by atoms with E-state index in [9.17, 15) is 0 Å². The van der Waals surface area contributed by atoms with Gasteiger partial charge in [-0.2, -0.15) is 0 Å². The Hall–Kier alpha value is -1.85. The number of nitrogens with two attached hydrogens (primary N) is 1. The van der Waals surface area contributed by atoms with Crippen LogP contribution < -0.4 is 16.0 Å². The lowest BCUT2D eigenvalue weighted by molar-refractivity contribution is 0.411. The van der Waals surface area contributed by atoms with Gasteiger partial charge in [0.15, 0.2) is 0 Å². The second-order valence-electron chi connectivity index (χ2n) is 4.40. The quantitative estimate of drug-likeness (QED) is 0.635. The largest absolute Gasteiger partial charge is 0.496 e. The van der Waals surface area contributed by atoms with Gasteiger partial charge in [-0.15, -0.1) is 0 Å². The van der Waals surface area contributed by atoms with Crippen LogP contribution in [0.3, 0.4) is 0 Å². The van der Waals surface area contributed by atoms with Gasteiger partial charge in [0, 0.05) is 18.9 Å². The van der Waals surface area contributed by atoms with Crippen LogP contribution in [0.5, 0.6) is 5.75 Å².